The van der Waals surface area contributed by atoms with Gasteiger partial charge in [-0.05, 0) is 45.1 Å². The van der Waals surface area contributed by atoms with Crippen molar-refractivity contribution >= 4 is 33.1 Å². The zero-order valence-electron chi connectivity index (χ0n) is 17.1. The van der Waals surface area contributed by atoms with E-state index < -0.39 is 0 Å². The summed E-state index contributed by atoms with van der Waals surface area (Å²) in [6.45, 7) is 5.99. The van der Waals surface area contributed by atoms with Crippen molar-refractivity contribution in [1.29, 1.82) is 0 Å². The molecule has 1 amide bonds. The second kappa shape index (κ2) is 8.06. The Morgan fingerprint density at radius 2 is 2.07 bits per heavy atom. The van der Waals surface area contributed by atoms with Crippen LogP contribution >= 0.6 is 11.3 Å². The maximum Gasteiger partial charge on any atom is 0.278 e. The summed E-state index contributed by atoms with van der Waals surface area (Å²) in [5, 5.41) is 9.00. The van der Waals surface area contributed by atoms with Crippen molar-refractivity contribution in [1.82, 2.24) is 14.8 Å². The third-order valence-electron chi connectivity index (χ3n) is 5.49. The van der Waals surface area contributed by atoms with E-state index in [4.69, 9.17) is 0 Å². The van der Waals surface area contributed by atoms with E-state index in [0.29, 0.717) is 15.9 Å². The van der Waals surface area contributed by atoms with Crippen molar-refractivity contribution in [2.24, 2.45) is 5.92 Å². The first-order valence-electron chi connectivity index (χ1n) is 10.3. The van der Waals surface area contributed by atoms with Crippen LogP contribution in [-0.4, -0.2) is 20.7 Å². The first kappa shape index (κ1) is 19.8. The Labute approximate surface area is 174 Å². The number of benzene rings is 1. The Kier molecular flexibility index (Phi) is 5.50. The highest BCUT2D eigenvalue weighted by atomic mass is 32.1. The average Bonchev–Trinajstić information content (AvgIpc) is 3.09. The maximum atomic E-state index is 13.1. The molecular weight excluding hydrogens is 384 g/mol. The monoisotopic (exact) mass is 410 g/mol. The number of rotatable bonds is 5. The number of nitrogens with one attached hydrogen (secondary N) is 1. The Bertz CT molecular complexity index is 1120. The lowest BCUT2D eigenvalue weighted by molar-refractivity contribution is 0.102. The molecule has 6 nitrogen and oxygen atoms in total. The number of carbonyl (C=O) groups is 1. The standard InChI is InChI=1S/C22H26N4O2S/c1-4-7-14-10-11-17-18(12-14)29-22(23-17)24-20(27)19-15-8-5-6-9-16(15)21(28)26(25-19)13(2)3/h5-6,8-9,13-14H,4,7,10-12H2,1-3H3,(H,23,24,27). The lowest BCUT2D eigenvalue weighted by Gasteiger charge is -2.19. The second-order valence-corrected chi connectivity index (χ2v) is 9.06. The van der Waals surface area contributed by atoms with E-state index in [1.54, 1.807) is 29.5 Å². The van der Waals surface area contributed by atoms with Crippen LogP contribution in [0.5, 0.6) is 0 Å². The van der Waals surface area contributed by atoms with Gasteiger partial charge in [0.25, 0.3) is 11.5 Å². The normalized spacial score (nSPS) is 16.2. The van der Waals surface area contributed by atoms with Crippen LogP contribution in [-0.2, 0) is 12.8 Å². The number of thiazole rings is 1. The molecule has 0 aliphatic heterocycles. The highest BCUT2D eigenvalue weighted by Gasteiger charge is 2.24. The number of amides is 1. The highest BCUT2D eigenvalue weighted by Crippen LogP contribution is 2.34. The van der Waals surface area contributed by atoms with E-state index in [-0.39, 0.29) is 23.2 Å². The van der Waals surface area contributed by atoms with Crippen molar-refractivity contribution < 1.29 is 4.79 Å². The number of carbonyl (C=O) groups excluding carboxylic acids is 1. The van der Waals surface area contributed by atoms with Gasteiger partial charge in [0, 0.05) is 10.3 Å². The van der Waals surface area contributed by atoms with E-state index >= 15 is 0 Å². The Balaban J connectivity index is 1.65. The number of fused-ring (bicyclic) bond motifs is 2. The lowest BCUT2D eigenvalue weighted by Crippen LogP contribution is -2.28. The van der Waals surface area contributed by atoms with Crippen LogP contribution in [0.1, 0.15) is 67.1 Å². The molecule has 152 valence electrons. The third kappa shape index (κ3) is 3.83. The van der Waals surface area contributed by atoms with Gasteiger partial charge in [-0.3, -0.25) is 14.9 Å². The van der Waals surface area contributed by atoms with Gasteiger partial charge in [-0.1, -0.05) is 38.0 Å². The van der Waals surface area contributed by atoms with Crippen LogP contribution in [0.4, 0.5) is 5.13 Å². The third-order valence-corrected chi connectivity index (χ3v) is 6.53. The largest absolute Gasteiger partial charge is 0.296 e. The molecule has 1 unspecified atom stereocenters. The quantitative estimate of drug-likeness (QED) is 0.667. The molecule has 0 saturated heterocycles. The summed E-state index contributed by atoms with van der Waals surface area (Å²) in [4.78, 5) is 31.7. The molecule has 29 heavy (non-hydrogen) atoms. The molecule has 0 fully saturated rings. The van der Waals surface area contributed by atoms with E-state index in [0.717, 1.165) is 24.5 Å². The van der Waals surface area contributed by atoms with Crippen LogP contribution in [0.3, 0.4) is 0 Å². The summed E-state index contributed by atoms with van der Waals surface area (Å²) in [6.07, 6.45) is 5.64. The van der Waals surface area contributed by atoms with E-state index in [9.17, 15) is 9.59 Å². The predicted molar refractivity (Wildman–Crippen MR) is 117 cm³/mol. The van der Waals surface area contributed by atoms with Crippen LogP contribution in [0.25, 0.3) is 10.8 Å². The first-order chi connectivity index (χ1) is 14.0. The molecule has 0 bridgehead atoms. The zero-order valence-corrected chi connectivity index (χ0v) is 17.9. The fourth-order valence-corrected chi connectivity index (χ4v) is 5.15. The summed E-state index contributed by atoms with van der Waals surface area (Å²) in [7, 11) is 0. The minimum Gasteiger partial charge on any atom is -0.296 e. The van der Waals surface area contributed by atoms with Gasteiger partial charge in [-0.2, -0.15) is 5.10 Å². The molecule has 0 radical (unpaired) electrons. The second-order valence-electron chi connectivity index (χ2n) is 7.98. The molecule has 1 N–H and O–H groups in total. The van der Waals surface area contributed by atoms with Crippen molar-refractivity contribution in [2.45, 2.75) is 58.9 Å². The molecule has 0 saturated carbocycles. The number of aromatic nitrogens is 3. The molecule has 2 heterocycles. The average molecular weight is 411 g/mol. The first-order valence-corrected chi connectivity index (χ1v) is 11.1. The highest BCUT2D eigenvalue weighted by molar-refractivity contribution is 7.15. The smallest absolute Gasteiger partial charge is 0.278 e. The molecule has 7 heteroatoms. The number of hydrogen-bond acceptors (Lipinski definition) is 5. The van der Waals surface area contributed by atoms with Crippen LogP contribution in [0.15, 0.2) is 29.1 Å². The van der Waals surface area contributed by atoms with Gasteiger partial charge < -0.3 is 0 Å². The molecular formula is C22H26N4O2S. The van der Waals surface area contributed by atoms with Gasteiger partial charge in [0.15, 0.2) is 10.8 Å². The van der Waals surface area contributed by atoms with Gasteiger partial charge in [0.2, 0.25) is 0 Å². The number of anilines is 1. The fourth-order valence-electron chi connectivity index (χ4n) is 4.03. The summed E-state index contributed by atoms with van der Waals surface area (Å²) in [5.74, 6) is 0.392. The fraction of sp³-hybridized carbons (Fsp3) is 0.455. The summed E-state index contributed by atoms with van der Waals surface area (Å²) >= 11 is 1.57. The zero-order chi connectivity index (χ0) is 20.5. The molecule has 1 aliphatic carbocycles. The predicted octanol–water partition coefficient (Wildman–Crippen LogP) is 4.59. The van der Waals surface area contributed by atoms with Crippen molar-refractivity contribution in [2.75, 3.05) is 5.32 Å². The Hall–Kier alpha value is -2.54. The Morgan fingerprint density at radius 3 is 2.79 bits per heavy atom. The van der Waals surface area contributed by atoms with Gasteiger partial charge in [0.05, 0.1) is 17.1 Å². The molecule has 1 atom stereocenters. The van der Waals surface area contributed by atoms with Crippen molar-refractivity contribution in [3.63, 3.8) is 0 Å². The Morgan fingerprint density at radius 1 is 1.31 bits per heavy atom. The topological polar surface area (TPSA) is 76.9 Å². The number of hydrogen-bond donors (Lipinski definition) is 1. The van der Waals surface area contributed by atoms with E-state index in [1.165, 1.54) is 28.8 Å². The maximum absolute atomic E-state index is 13.1. The van der Waals surface area contributed by atoms with E-state index in [2.05, 4.69) is 22.3 Å². The molecule has 3 aromatic rings. The molecule has 1 aliphatic rings. The summed E-state index contributed by atoms with van der Waals surface area (Å²) in [6, 6.07) is 6.99. The van der Waals surface area contributed by atoms with Crippen LogP contribution in [0.2, 0.25) is 0 Å². The lowest BCUT2D eigenvalue weighted by atomic mass is 9.88. The van der Waals surface area contributed by atoms with Gasteiger partial charge in [0.1, 0.15) is 0 Å². The molecule has 1 aromatic carbocycles. The minimum atomic E-state index is -0.327. The summed E-state index contributed by atoms with van der Waals surface area (Å²) in [5.41, 5.74) is 1.19. The van der Waals surface area contributed by atoms with Gasteiger partial charge in [-0.25, -0.2) is 9.67 Å². The van der Waals surface area contributed by atoms with Crippen LogP contribution in [0, 0.1) is 5.92 Å². The van der Waals surface area contributed by atoms with Crippen molar-refractivity contribution in [3.8, 4) is 0 Å². The molecule has 0 spiro atoms. The van der Waals surface area contributed by atoms with Crippen molar-refractivity contribution in [3.05, 3.63) is 50.9 Å². The van der Waals surface area contributed by atoms with Gasteiger partial charge >= 0.3 is 0 Å². The van der Waals surface area contributed by atoms with E-state index in [1.807, 2.05) is 19.9 Å². The minimum absolute atomic E-state index is 0.138. The number of nitrogens with zero attached hydrogens (tertiary/aromatic N) is 3. The number of aryl methyl sites for hydroxylation is 1. The SMILES string of the molecule is CCCC1CCc2nc(NC(=O)c3nn(C(C)C)c(=O)c4ccccc34)sc2C1. The van der Waals surface area contributed by atoms with Gasteiger partial charge in [-0.15, -0.1) is 11.3 Å². The molecule has 2 aromatic heterocycles. The van der Waals surface area contributed by atoms with Crippen LogP contribution < -0.4 is 10.9 Å². The summed E-state index contributed by atoms with van der Waals surface area (Å²) < 4.78 is 1.37. The molecule has 4 rings (SSSR count).